The molecule has 0 aromatic carbocycles. The summed E-state index contributed by atoms with van der Waals surface area (Å²) in [6.07, 6.45) is -21.9. The van der Waals surface area contributed by atoms with E-state index in [0.717, 1.165) is 0 Å². The monoisotopic (exact) mass is 971 g/mol. The first-order chi connectivity index (χ1) is 31.8. The van der Waals surface area contributed by atoms with Crippen LogP contribution in [0.15, 0.2) is 0 Å². The Bertz CT molecular complexity index is 1510. The molecule has 5 heterocycles. The van der Waals surface area contributed by atoms with E-state index in [4.69, 9.17) is 62.6 Å². The lowest BCUT2D eigenvalue weighted by Gasteiger charge is -2.50. The van der Waals surface area contributed by atoms with Crippen molar-refractivity contribution in [1.29, 1.82) is 0 Å². The van der Waals surface area contributed by atoms with Crippen molar-refractivity contribution in [3.63, 3.8) is 0 Å². The maximum absolute atomic E-state index is 12.8. The van der Waals surface area contributed by atoms with Crippen LogP contribution in [0.3, 0.4) is 0 Å². The molecule has 5 saturated heterocycles. The Balaban J connectivity index is 1.21. The van der Waals surface area contributed by atoms with Crippen molar-refractivity contribution in [2.45, 2.75) is 166 Å². The minimum atomic E-state index is -1.87. The molecule has 0 unspecified atom stereocenters. The zero-order valence-electron chi connectivity index (χ0n) is 39.7. The number of hydrogen-bond donors (Lipinski definition) is 9. The molecule has 5 fully saturated rings. The first kappa shape index (κ1) is 56.1. The van der Waals surface area contributed by atoms with Gasteiger partial charge in [0.25, 0.3) is 0 Å². The molecule has 0 saturated carbocycles. The average molecular weight is 972 g/mol. The van der Waals surface area contributed by atoms with Gasteiger partial charge in [0.1, 0.15) is 48.8 Å². The van der Waals surface area contributed by atoms with E-state index in [1.54, 1.807) is 41.5 Å². The molecule has 0 spiro atoms. The first-order valence-electron chi connectivity index (χ1n) is 23.5. The fourth-order valence-corrected chi connectivity index (χ4v) is 9.61. The molecule has 5 aliphatic rings. The third kappa shape index (κ3) is 13.0. The largest absolute Gasteiger partial charge is 0.479 e. The molecule has 0 aliphatic carbocycles. The van der Waals surface area contributed by atoms with Crippen molar-refractivity contribution in [2.24, 2.45) is 47.2 Å². The van der Waals surface area contributed by atoms with Crippen molar-refractivity contribution in [3.05, 3.63) is 0 Å². The lowest BCUT2D eigenvalue weighted by molar-refractivity contribution is -0.373. The summed E-state index contributed by atoms with van der Waals surface area (Å²) in [6, 6.07) is 0. The smallest absolute Gasteiger partial charge is 0.335 e. The molecule has 5 rings (SSSR count). The maximum Gasteiger partial charge on any atom is 0.335 e. The van der Waals surface area contributed by atoms with Crippen LogP contribution in [-0.4, -0.2) is 223 Å². The minimum absolute atomic E-state index is 0.202. The van der Waals surface area contributed by atoms with E-state index >= 15 is 0 Å². The van der Waals surface area contributed by atoms with Gasteiger partial charge >= 0.3 is 11.9 Å². The van der Waals surface area contributed by atoms with Crippen LogP contribution in [0.1, 0.15) is 55.4 Å². The number of aliphatic carboxylic acids is 2. The standard InChI is InChI=1S/C44H77NO22/c1-18-21(4)41(60-26(15-46)32(18)58-14-13-57-12-11-56-10-9-45)63-34-19(2)23(6)43(67-37(34)39(52)53)65-36-28(17-48)61-44(31(51)30(36)50)64-35-20(3)22(5)42(66-38(35)40(54)55)62-33-24(7)29(49)25(8)59-27(33)16-47/h18-38,41-44,46-51H,9-17,45H2,1-8H3,(H,52,53)(H,54,55)/t18-,19-,20-,21-,22-,23-,24-,25-,26-,27-,28-,29-,30-,31-,32+,33+,34+,35+,36-,37+,38-,41-,42-,43-,44-/m1/s1. The van der Waals surface area contributed by atoms with Crippen LogP contribution in [-0.2, 0) is 66.4 Å². The van der Waals surface area contributed by atoms with Gasteiger partial charge in [-0.05, 0) is 24.7 Å². The topological polar surface area (TPSA) is 333 Å². The second kappa shape index (κ2) is 25.5. The Morgan fingerprint density at radius 3 is 1.36 bits per heavy atom. The van der Waals surface area contributed by atoms with Crippen LogP contribution < -0.4 is 5.73 Å². The van der Waals surface area contributed by atoms with Gasteiger partial charge in [0.15, 0.2) is 37.4 Å². The van der Waals surface area contributed by atoms with Crippen molar-refractivity contribution in [1.82, 2.24) is 0 Å². The van der Waals surface area contributed by atoms with Crippen LogP contribution in [0.5, 0.6) is 0 Å². The Morgan fingerprint density at radius 2 is 0.851 bits per heavy atom. The van der Waals surface area contributed by atoms with E-state index in [1.165, 1.54) is 0 Å². The highest BCUT2D eigenvalue weighted by Gasteiger charge is 2.56. The first-order valence-corrected chi connectivity index (χ1v) is 23.5. The van der Waals surface area contributed by atoms with Gasteiger partial charge < -0.3 is 103 Å². The predicted octanol–water partition coefficient (Wildman–Crippen LogP) is -1.73. The number of ether oxygens (including phenoxy) is 12. The average Bonchev–Trinajstić information content (AvgIpc) is 3.30. The summed E-state index contributed by atoms with van der Waals surface area (Å²) in [5.74, 6) is -6.25. The van der Waals surface area contributed by atoms with Crippen molar-refractivity contribution in [2.75, 3.05) is 59.4 Å². The number of aliphatic hydroxyl groups is 6. The number of carbonyl (C=O) groups is 2. The summed E-state index contributed by atoms with van der Waals surface area (Å²) < 4.78 is 71.7. The molecule has 25 atom stereocenters. The zero-order chi connectivity index (χ0) is 49.4. The van der Waals surface area contributed by atoms with Gasteiger partial charge in [0.05, 0.1) is 77.3 Å². The molecule has 67 heavy (non-hydrogen) atoms. The highest BCUT2D eigenvalue weighted by atomic mass is 16.8. The van der Waals surface area contributed by atoms with Crippen LogP contribution in [0.4, 0.5) is 0 Å². The van der Waals surface area contributed by atoms with Gasteiger partial charge in [-0.25, -0.2) is 9.59 Å². The van der Waals surface area contributed by atoms with Gasteiger partial charge in [-0.1, -0.05) is 48.5 Å². The highest BCUT2D eigenvalue weighted by Crippen LogP contribution is 2.42. The second-order valence-electron chi connectivity index (χ2n) is 18.8. The van der Waals surface area contributed by atoms with Gasteiger partial charge in [-0.3, -0.25) is 0 Å². The molecule has 5 aliphatic heterocycles. The molecule has 0 radical (unpaired) electrons. The summed E-state index contributed by atoms with van der Waals surface area (Å²) in [4.78, 5) is 25.5. The second-order valence-corrected chi connectivity index (χ2v) is 18.8. The van der Waals surface area contributed by atoms with E-state index in [9.17, 15) is 50.4 Å². The lowest BCUT2D eigenvalue weighted by atomic mass is 9.82. The van der Waals surface area contributed by atoms with E-state index < -0.39 is 172 Å². The van der Waals surface area contributed by atoms with Gasteiger partial charge in [0, 0.05) is 30.2 Å². The quantitative estimate of drug-likeness (QED) is 0.0545. The Morgan fingerprint density at radius 1 is 0.448 bits per heavy atom. The molecule has 0 aromatic rings. The number of carboxylic acid groups (broad SMARTS) is 2. The number of nitrogens with two attached hydrogens (primary N) is 1. The summed E-state index contributed by atoms with van der Waals surface area (Å²) >= 11 is 0. The summed E-state index contributed by atoms with van der Waals surface area (Å²) in [7, 11) is 0. The Hall–Kier alpha value is -1.82. The number of aliphatic hydroxyl groups excluding tert-OH is 6. The maximum atomic E-state index is 12.8. The van der Waals surface area contributed by atoms with Crippen LogP contribution >= 0.6 is 0 Å². The molecule has 0 bridgehead atoms. The molecule has 390 valence electrons. The van der Waals surface area contributed by atoms with Crippen LogP contribution in [0.2, 0.25) is 0 Å². The van der Waals surface area contributed by atoms with Gasteiger partial charge in [-0.2, -0.15) is 0 Å². The van der Waals surface area contributed by atoms with E-state index in [-0.39, 0.29) is 25.0 Å². The number of hydrogen-bond acceptors (Lipinski definition) is 21. The normalized spacial score (nSPS) is 46.3. The van der Waals surface area contributed by atoms with E-state index in [2.05, 4.69) is 0 Å². The van der Waals surface area contributed by atoms with Crippen LogP contribution in [0.25, 0.3) is 0 Å². The molecule has 23 nitrogen and oxygen atoms in total. The highest BCUT2D eigenvalue weighted by molar-refractivity contribution is 5.73. The minimum Gasteiger partial charge on any atom is -0.479 e. The Labute approximate surface area is 391 Å². The van der Waals surface area contributed by atoms with E-state index in [1.807, 2.05) is 13.8 Å². The zero-order valence-corrected chi connectivity index (χ0v) is 39.7. The van der Waals surface area contributed by atoms with Crippen molar-refractivity contribution in [3.8, 4) is 0 Å². The fraction of sp³-hybridized carbons (Fsp3) is 0.955. The summed E-state index contributed by atoms with van der Waals surface area (Å²) in [5.41, 5.74) is 5.42. The molecule has 0 aromatic heterocycles. The van der Waals surface area contributed by atoms with Gasteiger partial charge in [-0.15, -0.1) is 0 Å². The molecular formula is C44H77NO22. The molecule has 23 heteroatoms. The SMILES string of the molecule is C[C@@H]1[C@@H](C)[C@H](O[C@H]2[C@H](O)[C@@H](O)[C@@H](O[C@H]3[C@H](C)[C@@H](C)[C@H](O[C@H]4[C@H](C)[C@@H](O)[C@@H](C)O[C@@H]4CO)O[C@H]3C(=O)O)O[C@@H]2CO)O[C@H](C(=O)O)[C@H]1O[C@H]1O[C@H](CO)[C@@H](OCCOCCOCCN)[C@H](C)[C@H]1C. The summed E-state index contributed by atoms with van der Waals surface area (Å²) in [6.45, 7) is 14.6. The fourth-order valence-electron chi connectivity index (χ4n) is 9.61. The lowest BCUT2D eigenvalue weighted by Crippen LogP contribution is -2.65. The van der Waals surface area contributed by atoms with Crippen LogP contribution in [0, 0.1) is 41.4 Å². The molecule has 10 N–H and O–H groups in total. The number of rotatable bonds is 22. The molecular weight excluding hydrogens is 894 g/mol. The third-order valence-electron chi connectivity index (χ3n) is 14.5. The molecule has 0 amide bonds. The predicted molar refractivity (Wildman–Crippen MR) is 228 cm³/mol. The van der Waals surface area contributed by atoms with E-state index in [0.29, 0.717) is 26.4 Å². The third-order valence-corrected chi connectivity index (χ3v) is 14.5. The van der Waals surface area contributed by atoms with Crippen molar-refractivity contribution >= 4 is 11.9 Å². The summed E-state index contributed by atoms with van der Waals surface area (Å²) in [5, 5.41) is 85.1. The Kier molecular flexibility index (Phi) is 21.4. The van der Waals surface area contributed by atoms with Gasteiger partial charge in [0.2, 0.25) is 0 Å². The van der Waals surface area contributed by atoms with Crippen molar-refractivity contribution < 1.29 is 107 Å². The number of carboxylic acids is 2.